The smallest absolute Gasteiger partial charge is 0.287 e. The number of likely N-dealkylation sites (tertiary alicyclic amines) is 1. The molecular weight excluding hydrogens is 392 g/mol. The minimum atomic E-state index is -0.235. The Hall–Kier alpha value is -3.51. The van der Waals surface area contributed by atoms with Crippen molar-refractivity contribution < 1.29 is 14.0 Å². The first-order valence-corrected chi connectivity index (χ1v) is 10.5. The molecule has 0 saturated carbocycles. The third-order valence-corrected chi connectivity index (χ3v) is 5.86. The molecule has 6 heteroatoms. The topological polar surface area (TPSA) is 67.7 Å². The molecular formula is C25H24N2O4. The normalized spacial score (nSPS) is 16.6. The SMILES string of the molecule is COc1ccc(C2CCCN2Cc2ccc(Oc3ccc4c(=O)[nH]oc4c3)cc2)cc1. The van der Waals surface area contributed by atoms with Crippen molar-refractivity contribution in [1.82, 2.24) is 10.1 Å². The maximum absolute atomic E-state index is 11.6. The first kappa shape index (κ1) is 19.5. The zero-order valence-electron chi connectivity index (χ0n) is 17.3. The molecule has 1 unspecified atom stereocenters. The fourth-order valence-electron chi connectivity index (χ4n) is 4.25. The standard InChI is InChI=1S/C25H24N2O4/c1-29-19-10-6-18(7-11-19)23-3-2-14-27(23)16-17-4-8-20(9-5-17)30-21-12-13-22-24(15-21)31-26-25(22)28/h4-13,15,23H,2-3,14,16H2,1H3,(H,26,28). The van der Waals surface area contributed by atoms with Crippen LogP contribution in [0.5, 0.6) is 17.2 Å². The number of hydrogen-bond donors (Lipinski definition) is 1. The quantitative estimate of drug-likeness (QED) is 0.464. The minimum absolute atomic E-state index is 0.235. The highest BCUT2D eigenvalue weighted by molar-refractivity contribution is 5.77. The summed E-state index contributed by atoms with van der Waals surface area (Å²) in [4.78, 5) is 14.1. The van der Waals surface area contributed by atoms with Crippen molar-refractivity contribution in [1.29, 1.82) is 0 Å². The lowest BCUT2D eigenvalue weighted by Crippen LogP contribution is -2.22. The second-order valence-corrected chi connectivity index (χ2v) is 7.84. The molecule has 6 nitrogen and oxygen atoms in total. The van der Waals surface area contributed by atoms with Gasteiger partial charge in [0.1, 0.15) is 17.2 Å². The van der Waals surface area contributed by atoms with Crippen LogP contribution in [0.1, 0.15) is 30.0 Å². The molecule has 1 aliphatic heterocycles. The average Bonchev–Trinajstić information content (AvgIpc) is 3.41. The van der Waals surface area contributed by atoms with Crippen LogP contribution in [0.25, 0.3) is 11.0 Å². The zero-order valence-corrected chi connectivity index (χ0v) is 17.3. The molecule has 1 N–H and O–H groups in total. The summed E-state index contributed by atoms with van der Waals surface area (Å²) in [5.74, 6) is 2.26. The van der Waals surface area contributed by atoms with Gasteiger partial charge in [0.05, 0.1) is 12.5 Å². The predicted molar refractivity (Wildman–Crippen MR) is 119 cm³/mol. The molecule has 2 heterocycles. The Labute approximate surface area is 180 Å². The van der Waals surface area contributed by atoms with Crippen LogP contribution in [-0.4, -0.2) is 23.7 Å². The van der Waals surface area contributed by atoms with Gasteiger partial charge in [-0.15, -0.1) is 0 Å². The van der Waals surface area contributed by atoms with Gasteiger partial charge < -0.3 is 14.0 Å². The van der Waals surface area contributed by atoms with E-state index in [1.165, 1.54) is 24.0 Å². The van der Waals surface area contributed by atoms with E-state index in [1.54, 1.807) is 25.3 Å². The van der Waals surface area contributed by atoms with Crippen LogP contribution in [-0.2, 0) is 6.54 Å². The molecule has 5 rings (SSSR count). The molecule has 0 spiro atoms. The van der Waals surface area contributed by atoms with Crippen LogP contribution in [0.15, 0.2) is 76.0 Å². The van der Waals surface area contributed by atoms with Gasteiger partial charge in [-0.2, -0.15) is 5.16 Å². The lowest BCUT2D eigenvalue weighted by atomic mass is 10.0. The van der Waals surface area contributed by atoms with Crippen LogP contribution in [0.2, 0.25) is 0 Å². The van der Waals surface area contributed by atoms with E-state index in [0.29, 0.717) is 22.8 Å². The number of nitrogens with zero attached hydrogens (tertiary/aromatic N) is 1. The van der Waals surface area contributed by atoms with E-state index >= 15 is 0 Å². The van der Waals surface area contributed by atoms with Crippen molar-refractivity contribution in [2.45, 2.75) is 25.4 Å². The number of aromatic amines is 1. The van der Waals surface area contributed by atoms with E-state index in [4.69, 9.17) is 14.0 Å². The van der Waals surface area contributed by atoms with Gasteiger partial charge in [0.15, 0.2) is 5.58 Å². The van der Waals surface area contributed by atoms with Crippen LogP contribution >= 0.6 is 0 Å². The number of rotatable bonds is 6. The Morgan fingerprint density at radius 1 is 1.00 bits per heavy atom. The summed E-state index contributed by atoms with van der Waals surface area (Å²) in [6, 6.07) is 22.2. The number of hydrogen-bond acceptors (Lipinski definition) is 5. The van der Waals surface area contributed by atoms with E-state index in [1.807, 2.05) is 24.3 Å². The Bertz CT molecular complexity index is 1230. The van der Waals surface area contributed by atoms with Gasteiger partial charge in [0.25, 0.3) is 5.56 Å². The van der Waals surface area contributed by atoms with E-state index in [-0.39, 0.29) is 5.56 Å². The van der Waals surface area contributed by atoms with Crippen LogP contribution in [0.3, 0.4) is 0 Å². The molecule has 1 saturated heterocycles. The van der Waals surface area contributed by atoms with E-state index < -0.39 is 0 Å². The molecule has 1 aromatic heterocycles. The monoisotopic (exact) mass is 416 g/mol. The van der Waals surface area contributed by atoms with Gasteiger partial charge >= 0.3 is 0 Å². The van der Waals surface area contributed by atoms with Crippen molar-refractivity contribution >= 4 is 11.0 Å². The third-order valence-electron chi connectivity index (χ3n) is 5.86. The van der Waals surface area contributed by atoms with E-state index in [9.17, 15) is 4.79 Å². The van der Waals surface area contributed by atoms with E-state index in [0.717, 1.165) is 24.6 Å². The third kappa shape index (κ3) is 4.07. The molecule has 1 atom stereocenters. The molecule has 31 heavy (non-hydrogen) atoms. The Balaban J connectivity index is 1.26. The largest absolute Gasteiger partial charge is 0.497 e. The highest BCUT2D eigenvalue weighted by atomic mass is 16.5. The number of H-pyrrole nitrogens is 1. The summed E-state index contributed by atoms with van der Waals surface area (Å²) in [6.07, 6.45) is 2.38. The van der Waals surface area contributed by atoms with Crippen LogP contribution in [0, 0.1) is 0 Å². The Morgan fingerprint density at radius 3 is 2.52 bits per heavy atom. The maximum Gasteiger partial charge on any atom is 0.287 e. The summed E-state index contributed by atoms with van der Waals surface area (Å²) in [5.41, 5.74) is 2.84. The minimum Gasteiger partial charge on any atom is -0.497 e. The molecule has 4 aromatic rings. The predicted octanol–water partition coefficient (Wildman–Crippen LogP) is 5.26. The summed E-state index contributed by atoms with van der Waals surface area (Å²) >= 11 is 0. The molecule has 0 amide bonds. The summed E-state index contributed by atoms with van der Waals surface area (Å²) in [5, 5.41) is 2.85. The molecule has 0 aliphatic carbocycles. The van der Waals surface area contributed by atoms with Gasteiger partial charge in [-0.05, 0) is 66.9 Å². The van der Waals surface area contributed by atoms with Crippen molar-refractivity contribution in [2.24, 2.45) is 0 Å². The van der Waals surface area contributed by atoms with E-state index in [2.05, 4.69) is 34.3 Å². The first-order valence-electron chi connectivity index (χ1n) is 10.5. The molecule has 1 fully saturated rings. The highest BCUT2D eigenvalue weighted by Gasteiger charge is 2.25. The maximum atomic E-state index is 11.6. The second-order valence-electron chi connectivity index (χ2n) is 7.84. The summed E-state index contributed by atoms with van der Waals surface area (Å²) in [6.45, 7) is 1.99. The number of methoxy groups -OCH3 is 1. The number of nitrogens with one attached hydrogen (secondary N) is 1. The number of fused-ring (bicyclic) bond motifs is 1. The average molecular weight is 416 g/mol. The molecule has 1 aliphatic rings. The Kier molecular flexibility index (Phi) is 5.22. The lowest BCUT2D eigenvalue weighted by Gasteiger charge is -2.25. The zero-order chi connectivity index (χ0) is 21.2. The molecule has 0 bridgehead atoms. The van der Waals surface area contributed by atoms with Crippen molar-refractivity contribution in [3.8, 4) is 17.2 Å². The molecule has 158 valence electrons. The van der Waals surface area contributed by atoms with Crippen molar-refractivity contribution in [2.75, 3.05) is 13.7 Å². The number of benzene rings is 3. The van der Waals surface area contributed by atoms with Gasteiger partial charge in [-0.3, -0.25) is 9.69 Å². The number of ether oxygens (including phenoxy) is 2. The van der Waals surface area contributed by atoms with Gasteiger partial charge in [-0.1, -0.05) is 24.3 Å². The first-order chi connectivity index (χ1) is 15.2. The highest BCUT2D eigenvalue weighted by Crippen LogP contribution is 2.34. The van der Waals surface area contributed by atoms with Gasteiger partial charge in [-0.25, -0.2) is 0 Å². The number of aromatic nitrogens is 1. The van der Waals surface area contributed by atoms with Crippen LogP contribution in [0.4, 0.5) is 0 Å². The summed E-state index contributed by atoms with van der Waals surface area (Å²) < 4.78 is 16.4. The van der Waals surface area contributed by atoms with Crippen molar-refractivity contribution in [3.63, 3.8) is 0 Å². The Morgan fingerprint density at radius 2 is 1.74 bits per heavy atom. The molecule has 3 aromatic carbocycles. The fourth-order valence-corrected chi connectivity index (χ4v) is 4.25. The molecule has 0 radical (unpaired) electrons. The van der Waals surface area contributed by atoms with Crippen LogP contribution < -0.4 is 15.0 Å². The fraction of sp³-hybridized carbons (Fsp3) is 0.240. The second kappa shape index (κ2) is 8.32. The van der Waals surface area contributed by atoms with Gasteiger partial charge in [0.2, 0.25) is 0 Å². The lowest BCUT2D eigenvalue weighted by molar-refractivity contribution is 0.248. The van der Waals surface area contributed by atoms with Crippen molar-refractivity contribution in [3.05, 3.63) is 88.2 Å². The summed E-state index contributed by atoms with van der Waals surface area (Å²) in [7, 11) is 1.69. The van der Waals surface area contributed by atoms with Gasteiger partial charge in [0, 0.05) is 18.7 Å².